The van der Waals surface area contributed by atoms with E-state index in [9.17, 15) is 9.59 Å². The van der Waals surface area contributed by atoms with Crippen molar-refractivity contribution in [2.24, 2.45) is 11.5 Å². The van der Waals surface area contributed by atoms with Crippen LogP contribution in [0, 0.1) is 0 Å². The molecule has 0 radical (unpaired) electrons. The molecule has 0 unspecified atom stereocenters. The molecule has 0 saturated carbocycles. The summed E-state index contributed by atoms with van der Waals surface area (Å²) >= 11 is 0. The van der Waals surface area contributed by atoms with E-state index >= 15 is 0 Å². The van der Waals surface area contributed by atoms with E-state index in [1.54, 1.807) is 0 Å². The van der Waals surface area contributed by atoms with Gasteiger partial charge in [0.25, 0.3) is 0 Å². The fourth-order valence-electron chi connectivity index (χ4n) is 3.16. The maximum absolute atomic E-state index is 12.1. The summed E-state index contributed by atoms with van der Waals surface area (Å²) in [5, 5.41) is 6.30. The van der Waals surface area contributed by atoms with Crippen LogP contribution in [-0.4, -0.2) is 43.9 Å². The van der Waals surface area contributed by atoms with Crippen LogP contribution in [-0.2, 0) is 9.59 Å². The molecule has 0 aromatic heterocycles. The standard InChI is InChI=1S/C22H46N4O2/c1-2-13-22(28)26-19-11-9-14-20(24)21(27)15-8-6-4-3-5-7-10-17-25-18-12-16-23/h20,25H,2-19,23-24H2,1H3,(H,26,28)/t20-/m0/s1. The molecule has 1 amide bonds. The summed E-state index contributed by atoms with van der Waals surface area (Å²) in [6.45, 7) is 5.57. The second-order valence-corrected chi connectivity index (χ2v) is 7.79. The lowest BCUT2D eigenvalue weighted by atomic mass is 10.0. The minimum atomic E-state index is -0.335. The molecule has 166 valence electrons. The molecule has 1 atom stereocenters. The quantitative estimate of drug-likeness (QED) is 0.222. The monoisotopic (exact) mass is 398 g/mol. The number of ketones is 1. The first kappa shape index (κ1) is 27.0. The molecule has 0 aromatic carbocycles. The minimum Gasteiger partial charge on any atom is -0.356 e. The van der Waals surface area contributed by atoms with Gasteiger partial charge in [-0.1, -0.05) is 39.0 Å². The van der Waals surface area contributed by atoms with Crippen LogP contribution in [0.25, 0.3) is 0 Å². The van der Waals surface area contributed by atoms with Crippen LogP contribution in [0.15, 0.2) is 0 Å². The molecule has 0 aliphatic heterocycles. The molecule has 6 N–H and O–H groups in total. The Hall–Kier alpha value is -0.980. The fourth-order valence-corrected chi connectivity index (χ4v) is 3.16. The van der Waals surface area contributed by atoms with E-state index < -0.39 is 0 Å². The van der Waals surface area contributed by atoms with Crippen LogP contribution in [0.4, 0.5) is 0 Å². The first-order valence-electron chi connectivity index (χ1n) is 11.6. The van der Waals surface area contributed by atoms with E-state index in [1.165, 1.54) is 32.1 Å². The zero-order valence-corrected chi connectivity index (χ0v) is 18.3. The normalized spacial score (nSPS) is 12.1. The van der Waals surface area contributed by atoms with E-state index in [-0.39, 0.29) is 17.7 Å². The highest BCUT2D eigenvalue weighted by atomic mass is 16.1. The van der Waals surface area contributed by atoms with E-state index in [0.717, 1.165) is 64.6 Å². The first-order valence-corrected chi connectivity index (χ1v) is 11.6. The molecule has 0 heterocycles. The number of carbonyl (C=O) groups excluding carboxylic acids is 2. The SMILES string of the molecule is CCCC(=O)NCCCC[C@H](N)C(=O)CCCCCCCCCNCCCN. The third-order valence-corrected chi connectivity index (χ3v) is 4.99. The van der Waals surface area contributed by atoms with Gasteiger partial charge in [-0.3, -0.25) is 9.59 Å². The van der Waals surface area contributed by atoms with Gasteiger partial charge < -0.3 is 22.1 Å². The van der Waals surface area contributed by atoms with Gasteiger partial charge in [0.15, 0.2) is 0 Å². The van der Waals surface area contributed by atoms with Crippen LogP contribution >= 0.6 is 0 Å². The van der Waals surface area contributed by atoms with Crippen LogP contribution in [0.3, 0.4) is 0 Å². The number of Topliss-reactive ketones (excluding diaryl/α,β-unsaturated/α-hetero) is 1. The summed E-state index contributed by atoms with van der Waals surface area (Å²) in [6, 6.07) is -0.335. The van der Waals surface area contributed by atoms with Crippen molar-refractivity contribution >= 4 is 11.7 Å². The topological polar surface area (TPSA) is 110 Å². The predicted molar refractivity (Wildman–Crippen MR) is 118 cm³/mol. The van der Waals surface area contributed by atoms with Crippen molar-refractivity contribution in [2.75, 3.05) is 26.2 Å². The van der Waals surface area contributed by atoms with Crippen molar-refractivity contribution < 1.29 is 9.59 Å². The van der Waals surface area contributed by atoms with Crippen LogP contribution in [0.5, 0.6) is 0 Å². The summed E-state index contributed by atoms with van der Waals surface area (Å²) in [5.74, 6) is 0.306. The molecular weight excluding hydrogens is 352 g/mol. The maximum atomic E-state index is 12.1. The lowest BCUT2D eigenvalue weighted by Gasteiger charge is -2.11. The molecule has 0 aliphatic carbocycles. The Morgan fingerprint density at radius 1 is 0.786 bits per heavy atom. The van der Waals surface area contributed by atoms with Gasteiger partial charge in [0.2, 0.25) is 5.91 Å². The van der Waals surface area contributed by atoms with Gasteiger partial charge in [0.05, 0.1) is 6.04 Å². The number of amides is 1. The summed E-state index contributed by atoms with van der Waals surface area (Å²) in [5.41, 5.74) is 11.4. The van der Waals surface area contributed by atoms with Crippen molar-refractivity contribution in [3.63, 3.8) is 0 Å². The molecule has 0 rings (SSSR count). The summed E-state index contributed by atoms with van der Waals surface area (Å²) in [6.07, 6.45) is 14.0. The third kappa shape index (κ3) is 18.4. The van der Waals surface area contributed by atoms with Crippen LogP contribution < -0.4 is 22.1 Å². The number of nitrogens with one attached hydrogen (secondary N) is 2. The van der Waals surface area contributed by atoms with E-state index in [0.29, 0.717) is 19.4 Å². The van der Waals surface area contributed by atoms with E-state index in [4.69, 9.17) is 11.5 Å². The van der Waals surface area contributed by atoms with Gasteiger partial charge in [-0.15, -0.1) is 0 Å². The lowest BCUT2D eigenvalue weighted by molar-refractivity contribution is -0.121. The van der Waals surface area contributed by atoms with Gasteiger partial charge >= 0.3 is 0 Å². The predicted octanol–water partition coefficient (Wildman–Crippen LogP) is 3.03. The summed E-state index contributed by atoms with van der Waals surface area (Å²) in [7, 11) is 0. The summed E-state index contributed by atoms with van der Waals surface area (Å²) < 4.78 is 0. The minimum absolute atomic E-state index is 0.113. The number of unbranched alkanes of at least 4 members (excludes halogenated alkanes) is 7. The number of hydrogen-bond donors (Lipinski definition) is 4. The Labute approximate surface area is 173 Å². The summed E-state index contributed by atoms with van der Waals surface area (Å²) in [4.78, 5) is 23.4. The van der Waals surface area contributed by atoms with Crippen molar-refractivity contribution in [1.29, 1.82) is 0 Å². The molecule has 0 saturated heterocycles. The highest BCUT2D eigenvalue weighted by Gasteiger charge is 2.12. The van der Waals surface area contributed by atoms with Crippen molar-refractivity contribution in [1.82, 2.24) is 10.6 Å². The Morgan fingerprint density at radius 2 is 1.39 bits per heavy atom. The number of rotatable bonds is 21. The first-order chi connectivity index (χ1) is 13.6. The maximum Gasteiger partial charge on any atom is 0.219 e. The van der Waals surface area contributed by atoms with Gasteiger partial charge in [-0.25, -0.2) is 0 Å². The van der Waals surface area contributed by atoms with Crippen molar-refractivity contribution in [3.05, 3.63) is 0 Å². The zero-order valence-electron chi connectivity index (χ0n) is 18.3. The molecular formula is C22H46N4O2. The average molecular weight is 399 g/mol. The fraction of sp³-hybridized carbons (Fsp3) is 0.909. The molecule has 28 heavy (non-hydrogen) atoms. The Kier molecular flexibility index (Phi) is 20.0. The zero-order chi connectivity index (χ0) is 20.9. The molecule has 0 aliphatic rings. The van der Waals surface area contributed by atoms with E-state index in [1.807, 2.05) is 6.92 Å². The highest BCUT2D eigenvalue weighted by Crippen LogP contribution is 2.10. The average Bonchev–Trinajstić information content (AvgIpc) is 2.68. The van der Waals surface area contributed by atoms with Crippen LogP contribution in [0.1, 0.15) is 96.8 Å². The lowest BCUT2D eigenvalue weighted by Crippen LogP contribution is -2.30. The molecule has 0 fully saturated rings. The molecule has 6 nitrogen and oxygen atoms in total. The third-order valence-electron chi connectivity index (χ3n) is 4.99. The van der Waals surface area contributed by atoms with Crippen molar-refractivity contribution in [3.8, 4) is 0 Å². The van der Waals surface area contributed by atoms with Gasteiger partial charge in [0.1, 0.15) is 5.78 Å². The number of hydrogen-bond acceptors (Lipinski definition) is 5. The molecule has 0 aromatic rings. The van der Waals surface area contributed by atoms with Crippen molar-refractivity contribution in [2.45, 2.75) is 103 Å². The number of nitrogens with two attached hydrogens (primary N) is 2. The Bertz CT molecular complexity index is 378. The second kappa shape index (κ2) is 20.7. The largest absolute Gasteiger partial charge is 0.356 e. The molecule has 6 heteroatoms. The Morgan fingerprint density at radius 3 is 2.07 bits per heavy atom. The van der Waals surface area contributed by atoms with Crippen LogP contribution in [0.2, 0.25) is 0 Å². The number of carbonyl (C=O) groups is 2. The highest BCUT2D eigenvalue weighted by molar-refractivity contribution is 5.83. The second-order valence-electron chi connectivity index (χ2n) is 7.79. The molecule has 0 spiro atoms. The molecule has 0 bridgehead atoms. The Balaban J connectivity index is 3.38. The van der Waals surface area contributed by atoms with E-state index in [2.05, 4.69) is 10.6 Å². The van der Waals surface area contributed by atoms with Gasteiger partial charge in [0, 0.05) is 19.4 Å². The smallest absolute Gasteiger partial charge is 0.219 e. The van der Waals surface area contributed by atoms with Gasteiger partial charge in [-0.05, 0) is 64.6 Å². The van der Waals surface area contributed by atoms with Gasteiger partial charge in [-0.2, -0.15) is 0 Å².